The Balaban J connectivity index is 2.03. The van der Waals surface area contributed by atoms with Gasteiger partial charge in [-0.1, -0.05) is 12.1 Å². The lowest BCUT2D eigenvalue weighted by atomic mass is 10.1. The summed E-state index contributed by atoms with van der Waals surface area (Å²) in [6.07, 6.45) is 2.10. The van der Waals surface area contributed by atoms with Gasteiger partial charge in [-0.3, -0.25) is 9.59 Å². The average Bonchev–Trinajstić information content (AvgIpc) is 2.94. The Hall–Kier alpha value is -1.36. The molecule has 0 bridgehead atoms. The number of carbonyl (C=O) groups excluding carboxylic acids is 2. The zero-order valence-electron chi connectivity index (χ0n) is 11.8. The van der Waals surface area contributed by atoms with E-state index < -0.39 is 6.04 Å². The second kappa shape index (κ2) is 6.39. The highest BCUT2D eigenvalue weighted by Gasteiger charge is 2.25. The van der Waals surface area contributed by atoms with E-state index in [1.807, 2.05) is 24.0 Å². The van der Waals surface area contributed by atoms with Crippen molar-refractivity contribution in [3.63, 3.8) is 0 Å². The minimum atomic E-state index is -0.493. The number of carbonyl (C=O) groups is 2. The molecule has 0 spiro atoms. The number of likely N-dealkylation sites (tertiary alicyclic amines) is 1. The van der Waals surface area contributed by atoms with Gasteiger partial charge in [-0.15, -0.1) is 0 Å². The van der Waals surface area contributed by atoms with Crippen molar-refractivity contribution < 1.29 is 9.59 Å². The van der Waals surface area contributed by atoms with Gasteiger partial charge in [0.05, 0.1) is 5.56 Å². The standard InChI is InChI=1S/C15H19BrN2O2/c1-10-6-5-7-12(13(10)16)14(19)17-11(2)15(20)18-8-3-4-9-18/h5-7,11H,3-4,8-9H2,1-2H3,(H,17,19). The fraction of sp³-hybridized carbons (Fsp3) is 0.467. The quantitative estimate of drug-likeness (QED) is 0.920. The molecule has 2 amide bonds. The maximum Gasteiger partial charge on any atom is 0.253 e. The SMILES string of the molecule is Cc1cccc(C(=O)NC(C)C(=O)N2CCCC2)c1Br. The minimum absolute atomic E-state index is 0.000347. The highest BCUT2D eigenvalue weighted by molar-refractivity contribution is 9.10. The summed E-state index contributed by atoms with van der Waals surface area (Å²) in [4.78, 5) is 26.2. The summed E-state index contributed by atoms with van der Waals surface area (Å²) >= 11 is 3.42. The highest BCUT2D eigenvalue weighted by atomic mass is 79.9. The van der Waals surface area contributed by atoms with Gasteiger partial charge in [0.2, 0.25) is 5.91 Å². The van der Waals surface area contributed by atoms with Crippen molar-refractivity contribution in [2.24, 2.45) is 0 Å². The fourth-order valence-corrected chi connectivity index (χ4v) is 2.81. The molecule has 1 unspecified atom stereocenters. The first kappa shape index (κ1) is 15.0. The van der Waals surface area contributed by atoms with E-state index in [4.69, 9.17) is 0 Å². The Labute approximate surface area is 127 Å². The lowest BCUT2D eigenvalue weighted by molar-refractivity contribution is -0.131. The van der Waals surface area contributed by atoms with E-state index >= 15 is 0 Å². The molecule has 0 aromatic heterocycles. The van der Waals surface area contributed by atoms with Crippen LogP contribution in [0.25, 0.3) is 0 Å². The van der Waals surface area contributed by atoms with Crippen molar-refractivity contribution >= 4 is 27.7 Å². The first-order valence-corrected chi connectivity index (χ1v) is 7.65. The Kier molecular flexibility index (Phi) is 4.81. The predicted molar refractivity (Wildman–Crippen MR) is 81.6 cm³/mol. The lowest BCUT2D eigenvalue weighted by Gasteiger charge is -2.21. The van der Waals surface area contributed by atoms with Crippen LogP contribution in [-0.2, 0) is 4.79 Å². The molecule has 4 nitrogen and oxygen atoms in total. The molecular weight excluding hydrogens is 320 g/mol. The Bertz CT molecular complexity index is 525. The number of halogens is 1. The molecule has 5 heteroatoms. The van der Waals surface area contributed by atoms with Gasteiger partial charge < -0.3 is 10.2 Å². The number of amides is 2. The predicted octanol–water partition coefficient (Wildman–Crippen LogP) is 2.50. The zero-order chi connectivity index (χ0) is 14.7. The van der Waals surface area contributed by atoms with Gasteiger partial charge in [0.15, 0.2) is 0 Å². The maximum atomic E-state index is 12.2. The van der Waals surface area contributed by atoms with Gasteiger partial charge in [0.25, 0.3) is 5.91 Å². The summed E-state index contributed by atoms with van der Waals surface area (Å²) in [6, 6.07) is 5.02. The van der Waals surface area contributed by atoms with E-state index in [0.717, 1.165) is 36.0 Å². The Morgan fingerprint density at radius 2 is 1.95 bits per heavy atom. The molecule has 108 valence electrons. The molecule has 1 aromatic carbocycles. The van der Waals surface area contributed by atoms with Crippen LogP contribution >= 0.6 is 15.9 Å². The second-order valence-electron chi connectivity index (χ2n) is 5.16. The van der Waals surface area contributed by atoms with E-state index in [1.165, 1.54) is 0 Å². The lowest BCUT2D eigenvalue weighted by Crippen LogP contribution is -2.46. The third-order valence-corrected chi connectivity index (χ3v) is 4.62. The third-order valence-electron chi connectivity index (χ3n) is 3.57. The number of rotatable bonds is 3. The van der Waals surface area contributed by atoms with Crippen molar-refractivity contribution in [2.75, 3.05) is 13.1 Å². The zero-order valence-corrected chi connectivity index (χ0v) is 13.4. The molecule has 1 atom stereocenters. The maximum absolute atomic E-state index is 12.2. The van der Waals surface area contributed by atoms with Gasteiger partial charge in [-0.25, -0.2) is 0 Å². The Morgan fingerprint density at radius 1 is 1.30 bits per heavy atom. The minimum Gasteiger partial charge on any atom is -0.341 e. The summed E-state index contributed by atoms with van der Waals surface area (Å²) < 4.78 is 0.776. The van der Waals surface area contributed by atoms with Crippen LogP contribution in [-0.4, -0.2) is 35.8 Å². The van der Waals surface area contributed by atoms with Gasteiger partial charge in [-0.2, -0.15) is 0 Å². The second-order valence-corrected chi connectivity index (χ2v) is 5.96. The number of hydrogen-bond donors (Lipinski definition) is 1. The summed E-state index contributed by atoms with van der Waals surface area (Å²) in [5.74, 6) is -0.222. The van der Waals surface area contributed by atoms with E-state index in [1.54, 1.807) is 13.0 Å². The van der Waals surface area contributed by atoms with Gasteiger partial charge in [0, 0.05) is 17.6 Å². The first-order chi connectivity index (χ1) is 9.50. The van der Waals surface area contributed by atoms with Crippen molar-refractivity contribution in [2.45, 2.75) is 32.7 Å². The summed E-state index contributed by atoms with van der Waals surface area (Å²) in [7, 11) is 0. The van der Waals surface area contributed by atoms with Crippen LogP contribution in [0.4, 0.5) is 0 Å². The molecule has 1 N–H and O–H groups in total. The fourth-order valence-electron chi connectivity index (χ4n) is 2.37. The van der Waals surface area contributed by atoms with Crippen LogP contribution < -0.4 is 5.32 Å². The topological polar surface area (TPSA) is 49.4 Å². The van der Waals surface area contributed by atoms with Gasteiger partial charge in [-0.05, 0) is 54.2 Å². The number of aryl methyl sites for hydroxylation is 1. The van der Waals surface area contributed by atoms with Crippen molar-refractivity contribution in [3.8, 4) is 0 Å². The van der Waals surface area contributed by atoms with E-state index in [-0.39, 0.29) is 11.8 Å². The van der Waals surface area contributed by atoms with Crippen LogP contribution in [0, 0.1) is 6.92 Å². The number of nitrogens with zero attached hydrogens (tertiary/aromatic N) is 1. The molecule has 1 saturated heterocycles. The summed E-state index contributed by atoms with van der Waals surface area (Å²) in [5, 5.41) is 2.78. The molecule has 2 rings (SSSR count). The number of hydrogen-bond acceptors (Lipinski definition) is 2. The molecule has 20 heavy (non-hydrogen) atoms. The van der Waals surface area contributed by atoms with E-state index in [9.17, 15) is 9.59 Å². The first-order valence-electron chi connectivity index (χ1n) is 6.85. The highest BCUT2D eigenvalue weighted by Crippen LogP contribution is 2.21. The van der Waals surface area contributed by atoms with Gasteiger partial charge in [0.1, 0.15) is 6.04 Å². The smallest absolute Gasteiger partial charge is 0.253 e. The van der Waals surface area contributed by atoms with Crippen LogP contribution in [0.15, 0.2) is 22.7 Å². The van der Waals surface area contributed by atoms with Crippen molar-refractivity contribution in [3.05, 3.63) is 33.8 Å². The molecule has 1 fully saturated rings. The van der Waals surface area contributed by atoms with E-state index in [2.05, 4.69) is 21.2 Å². The van der Waals surface area contributed by atoms with Crippen LogP contribution in [0.2, 0.25) is 0 Å². The molecule has 0 aliphatic carbocycles. The molecule has 0 saturated carbocycles. The summed E-state index contributed by atoms with van der Waals surface area (Å²) in [5.41, 5.74) is 1.56. The molecule has 1 aliphatic heterocycles. The normalized spacial score (nSPS) is 16.1. The molecule has 1 aliphatic rings. The summed E-state index contributed by atoms with van der Waals surface area (Å²) in [6.45, 7) is 5.27. The Morgan fingerprint density at radius 3 is 2.60 bits per heavy atom. The van der Waals surface area contributed by atoms with Crippen LogP contribution in [0.1, 0.15) is 35.7 Å². The molecular formula is C15H19BrN2O2. The molecule has 0 radical (unpaired) electrons. The third kappa shape index (κ3) is 3.20. The van der Waals surface area contributed by atoms with E-state index in [0.29, 0.717) is 5.56 Å². The molecule has 1 aromatic rings. The number of benzene rings is 1. The number of nitrogens with one attached hydrogen (secondary N) is 1. The average molecular weight is 339 g/mol. The molecule has 1 heterocycles. The van der Waals surface area contributed by atoms with Crippen molar-refractivity contribution in [1.29, 1.82) is 0 Å². The van der Waals surface area contributed by atoms with Gasteiger partial charge >= 0.3 is 0 Å². The van der Waals surface area contributed by atoms with Crippen LogP contribution in [0.3, 0.4) is 0 Å². The monoisotopic (exact) mass is 338 g/mol. The largest absolute Gasteiger partial charge is 0.341 e. The van der Waals surface area contributed by atoms with Crippen LogP contribution in [0.5, 0.6) is 0 Å². The van der Waals surface area contributed by atoms with Crippen molar-refractivity contribution in [1.82, 2.24) is 10.2 Å².